The van der Waals surface area contributed by atoms with Crippen molar-refractivity contribution in [3.05, 3.63) is 100 Å². The Morgan fingerprint density at radius 1 is 0.914 bits per heavy atom. The summed E-state index contributed by atoms with van der Waals surface area (Å²) in [5, 5.41) is 11.5. The van der Waals surface area contributed by atoms with E-state index in [2.05, 4.69) is 20.8 Å². The molecule has 0 bridgehead atoms. The number of methoxy groups -OCH3 is 1. The molecule has 1 saturated heterocycles. The van der Waals surface area contributed by atoms with Gasteiger partial charge in [-0.15, -0.1) is 0 Å². The van der Waals surface area contributed by atoms with E-state index in [0.29, 0.717) is 17.0 Å². The molecule has 0 spiro atoms. The van der Waals surface area contributed by atoms with Gasteiger partial charge in [-0.2, -0.15) is 0 Å². The van der Waals surface area contributed by atoms with Crippen molar-refractivity contribution < 1.29 is 19.4 Å². The average molecular weight is 470 g/mol. The van der Waals surface area contributed by atoms with Crippen molar-refractivity contribution in [2.75, 3.05) is 12.0 Å². The van der Waals surface area contributed by atoms with Crippen molar-refractivity contribution in [3.8, 4) is 5.75 Å². The molecule has 1 fully saturated rings. The third kappa shape index (κ3) is 4.34. The second-order valence-electron chi connectivity index (χ2n) is 10.0. The van der Waals surface area contributed by atoms with Crippen LogP contribution in [0.5, 0.6) is 5.75 Å². The fourth-order valence-electron chi connectivity index (χ4n) is 4.58. The largest absolute Gasteiger partial charge is 0.507 e. The molecule has 0 aliphatic carbocycles. The van der Waals surface area contributed by atoms with E-state index in [1.54, 1.807) is 13.2 Å². The van der Waals surface area contributed by atoms with E-state index in [1.807, 2.05) is 74.5 Å². The van der Waals surface area contributed by atoms with Crippen molar-refractivity contribution in [1.29, 1.82) is 0 Å². The Morgan fingerprint density at radius 2 is 1.54 bits per heavy atom. The van der Waals surface area contributed by atoms with Crippen LogP contribution in [0, 0.1) is 13.8 Å². The molecule has 3 aromatic carbocycles. The lowest BCUT2D eigenvalue weighted by molar-refractivity contribution is -0.132. The van der Waals surface area contributed by atoms with Gasteiger partial charge in [0.2, 0.25) is 0 Å². The first-order valence-corrected chi connectivity index (χ1v) is 11.7. The van der Waals surface area contributed by atoms with Crippen molar-refractivity contribution in [2.45, 2.75) is 46.1 Å². The van der Waals surface area contributed by atoms with Gasteiger partial charge in [0.15, 0.2) is 0 Å². The molecular weight excluding hydrogens is 438 g/mol. The molecule has 4 rings (SSSR count). The van der Waals surface area contributed by atoms with Gasteiger partial charge in [-0.05, 0) is 65.8 Å². The third-order valence-electron chi connectivity index (χ3n) is 6.57. The molecule has 5 heteroatoms. The molecule has 5 nitrogen and oxygen atoms in total. The minimum Gasteiger partial charge on any atom is -0.507 e. The Labute approximate surface area is 206 Å². The highest BCUT2D eigenvalue weighted by atomic mass is 16.5. The molecule has 0 saturated carbocycles. The normalized spacial score (nSPS) is 17.7. The number of benzene rings is 3. The number of carbonyl (C=O) groups excluding carboxylic acids is 2. The Bertz CT molecular complexity index is 1310. The van der Waals surface area contributed by atoms with E-state index in [4.69, 9.17) is 4.74 Å². The number of ether oxygens (including phenoxy) is 1. The van der Waals surface area contributed by atoms with Gasteiger partial charge in [0.25, 0.3) is 11.7 Å². The maximum Gasteiger partial charge on any atom is 0.300 e. The minimum atomic E-state index is -0.751. The van der Waals surface area contributed by atoms with Gasteiger partial charge in [0, 0.05) is 11.3 Å². The average Bonchev–Trinajstić information content (AvgIpc) is 3.10. The van der Waals surface area contributed by atoms with Crippen LogP contribution in [0.3, 0.4) is 0 Å². The lowest BCUT2D eigenvalue weighted by Gasteiger charge is -2.27. The van der Waals surface area contributed by atoms with Gasteiger partial charge in [-0.25, -0.2) is 0 Å². The number of aliphatic hydroxyl groups excluding tert-OH is 1. The summed E-state index contributed by atoms with van der Waals surface area (Å²) in [7, 11) is 1.59. The number of Topliss-reactive ketones (excluding diaryl/α,β-unsaturated/α-hetero) is 1. The number of anilines is 1. The predicted molar refractivity (Wildman–Crippen MR) is 139 cm³/mol. The van der Waals surface area contributed by atoms with Crippen LogP contribution in [0.4, 0.5) is 5.69 Å². The number of amides is 1. The predicted octanol–water partition coefficient (Wildman–Crippen LogP) is 6.24. The van der Waals surface area contributed by atoms with Crippen molar-refractivity contribution >= 4 is 23.1 Å². The number of nitrogens with zero attached hydrogens (tertiary/aromatic N) is 1. The fourth-order valence-corrected chi connectivity index (χ4v) is 4.58. The van der Waals surface area contributed by atoms with Gasteiger partial charge in [0.1, 0.15) is 11.5 Å². The van der Waals surface area contributed by atoms with Crippen molar-refractivity contribution in [2.24, 2.45) is 0 Å². The van der Waals surface area contributed by atoms with Gasteiger partial charge in [0.05, 0.1) is 18.7 Å². The highest BCUT2D eigenvalue weighted by Gasteiger charge is 2.47. The van der Waals surface area contributed by atoms with Gasteiger partial charge < -0.3 is 9.84 Å². The summed E-state index contributed by atoms with van der Waals surface area (Å²) >= 11 is 0. The summed E-state index contributed by atoms with van der Waals surface area (Å²) in [6.45, 7) is 10.1. The van der Waals surface area contributed by atoms with Crippen LogP contribution in [0.25, 0.3) is 5.76 Å². The minimum absolute atomic E-state index is 0.0463. The summed E-state index contributed by atoms with van der Waals surface area (Å²) in [4.78, 5) is 28.3. The Morgan fingerprint density at radius 3 is 2.11 bits per heavy atom. The standard InChI is InChI=1S/C30H31NO4/c1-18-17-24(35-6)19(2)16-23(18)27(32)25-26(20-10-8-7-9-11-20)31(29(34)28(25)33)22-14-12-21(13-15-22)30(3,4)5/h7-17,26,32H,1-6H3/b27-25+. The fraction of sp³-hybridized carbons (Fsp3) is 0.267. The summed E-state index contributed by atoms with van der Waals surface area (Å²) in [6.07, 6.45) is 0. The second kappa shape index (κ2) is 9.06. The smallest absolute Gasteiger partial charge is 0.300 e. The molecule has 1 aliphatic rings. The quantitative estimate of drug-likeness (QED) is 0.279. The molecule has 1 heterocycles. The molecule has 3 aromatic rings. The second-order valence-corrected chi connectivity index (χ2v) is 10.0. The zero-order chi connectivity index (χ0) is 25.5. The molecule has 1 unspecified atom stereocenters. The maximum atomic E-state index is 13.4. The van der Waals surface area contributed by atoms with E-state index < -0.39 is 17.7 Å². The lowest BCUT2D eigenvalue weighted by atomic mass is 9.87. The Hall–Kier alpha value is -3.86. The van der Waals surface area contributed by atoms with E-state index >= 15 is 0 Å². The summed E-state index contributed by atoms with van der Waals surface area (Å²) in [5.41, 5.74) is 4.58. The number of hydrogen-bond donors (Lipinski definition) is 1. The zero-order valence-electron chi connectivity index (χ0n) is 21.0. The third-order valence-corrected chi connectivity index (χ3v) is 6.57. The van der Waals surface area contributed by atoms with Crippen LogP contribution in [-0.4, -0.2) is 23.9 Å². The molecule has 180 valence electrons. The maximum absolute atomic E-state index is 13.4. The lowest BCUT2D eigenvalue weighted by Crippen LogP contribution is -2.29. The monoisotopic (exact) mass is 469 g/mol. The Balaban J connectivity index is 1.92. The zero-order valence-corrected chi connectivity index (χ0v) is 21.0. The number of aryl methyl sites for hydroxylation is 2. The molecule has 0 aromatic heterocycles. The van der Waals surface area contributed by atoms with Gasteiger partial charge >= 0.3 is 0 Å². The van der Waals surface area contributed by atoms with Crippen LogP contribution in [0.15, 0.2) is 72.3 Å². The first-order chi connectivity index (χ1) is 16.5. The van der Waals surface area contributed by atoms with E-state index in [1.165, 1.54) is 4.90 Å². The highest BCUT2D eigenvalue weighted by molar-refractivity contribution is 6.51. The van der Waals surface area contributed by atoms with Gasteiger partial charge in [-0.3, -0.25) is 14.5 Å². The van der Waals surface area contributed by atoms with Crippen molar-refractivity contribution in [1.82, 2.24) is 0 Å². The topological polar surface area (TPSA) is 66.8 Å². The Kier molecular flexibility index (Phi) is 6.28. The number of aliphatic hydroxyl groups is 1. The first-order valence-electron chi connectivity index (χ1n) is 11.7. The molecule has 1 amide bonds. The van der Waals surface area contributed by atoms with Gasteiger partial charge in [-0.1, -0.05) is 63.2 Å². The summed E-state index contributed by atoms with van der Waals surface area (Å²) in [6, 6.07) is 19.9. The number of rotatable bonds is 4. The van der Waals surface area contributed by atoms with Crippen LogP contribution in [0.1, 0.15) is 54.6 Å². The molecule has 35 heavy (non-hydrogen) atoms. The van der Waals surface area contributed by atoms with E-state index in [9.17, 15) is 14.7 Å². The SMILES string of the molecule is COc1cc(C)c(/C(O)=C2\C(=O)C(=O)N(c3ccc(C(C)(C)C)cc3)C2c2ccccc2)cc1C. The van der Waals surface area contributed by atoms with Crippen LogP contribution in [-0.2, 0) is 15.0 Å². The van der Waals surface area contributed by atoms with Crippen molar-refractivity contribution in [3.63, 3.8) is 0 Å². The van der Waals surface area contributed by atoms with Crippen LogP contribution in [0.2, 0.25) is 0 Å². The molecule has 0 radical (unpaired) electrons. The summed E-state index contributed by atoms with van der Waals surface area (Å²) in [5.74, 6) is -0.858. The van der Waals surface area contributed by atoms with Crippen LogP contribution >= 0.6 is 0 Å². The summed E-state index contributed by atoms with van der Waals surface area (Å²) < 4.78 is 5.40. The number of ketones is 1. The number of carbonyl (C=O) groups is 2. The first kappa shape index (κ1) is 24.3. The van der Waals surface area contributed by atoms with Crippen LogP contribution < -0.4 is 9.64 Å². The van der Waals surface area contributed by atoms with E-state index in [0.717, 1.165) is 22.3 Å². The molecular formula is C30H31NO4. The highest BCUT2D eigenvalue weighted by Crippen LogP contribution is 2.43. The molecule has 1 aliphatic heterocycles. The number of hydrogen-bond acceptors (Lipinski definition) is 4. The molecule has 1 N–H and O–H groups in total. The molecule has 1 atom stereocenters. The van der Waals surface area contributed by atoms with E-state index in [-0.39, 0.29) is 16.7 Å².